The predicted molar refractivity (Wildman–Crippen MR) is 82.9 cm³/mol. The van der Waals surface area contributed by atoms with Gasteiger partial charge in [0.2, 0.25) is 5.91 Å². The van der Waals surface area contributed by atoms with E-state index < -0.39 is 0 Å². The molecule has 1 aliphatic heterocycles. The van der Waals surface area contributed by atoms with Crippen LogP contribution in [0.25, 0.3) is 11.3 Å². The minimum Gasteiger partial charge on any atom is -0.340 e. The van der Waals surface area contributed by atoms with Crippen LogP contribution in [0, 0.1) is 0 Å². The molecular weight excluding hydrogens is 286 g/mol. The van der Waals surface area contributed by atoms with E-state index >= 15 is 0 Å². The van der Waals surface area contributed by atoms with Crippen molar-refractivity contribution in [3.63, 3.8) is 0 Å². The summed E-state index contributed by atoms with van der Waals surface area (Å²) in [6.45, 7) is 4.31. The van der Waals surface area contributed by atoms with Crippen LogP contribution in [0.15, 0.2) is 43.1 Å². The van der Waals surface area contributed by atoms with Crippen LogP contribution in [0.5, 0.6) is 0 Å². The molecule has 1 fully saturated rings. The molecule has 4 nitrogen and oxygen atoms in total. The highest BCUT2D eigenvalue weighted by Gasteiger charge is 2.30. The van der Waals surface area contributed by atoms with Gasteiger partial charge in [0.1, 0.15) is 5.82 Å². The molecule has 0 radical (unpaired) electrons. The maximum absolute atomic E-state index is 11.9. The number of H-pyrrole nitrogens is 1. The number of imidazole rings is 1. The summed E-state index contributed by atoms with van der Waals surface area (Å²) >= 11 is 6.20. The third kappa shape index (κ3) is 2.59. The van der Waals surface area contributed by atoms with Crippen molar-refractivity contribution < 1.29 is 4.79 Å². The van der Waals surface area contributed by atoms with Crippen LogP contribution < -0.4 is 0 Å². The average molecular weight is 302 g/mol. The first kappa shape index (κ1) is 13.9. The van der Waals surface area contributed by atoms with Crippen molar-refractivity contribution in [1.29, 1.82) is 0 Å². The number of likely N-dealkylation sites (tertiary alicyclic amines) is 1. The van der Waals surface area contributed by atoms with Crippen molar-refractivity contribution in [3.8, 4) is 11.3 Å². The Morgan fingerprint density at radius 3 is 3.05 bits per heavy atom. The summed E-state index contributed by atoms with van der Waals surface area (Å²) in [4.78, 5) is 21.4. The topological polar surface area (TPSA) is 49.0 Å². The van der Waals surface area contributed by atoms with E-state index in [0.717, 1.165) is 36.5 Å². The molecule has 1 aromatic heterocycles. The van der Waals surface area contributed by atoms with Crippen molar-refractivity contribution in [2.45, 2.75) is 18.9 Å². The summed E-state index contributed by atoms with van der Waals surface area (Å²) in [6, 6.07) is 7.61. The monoisotopic (exact) mass is 301 g/mol. The molecule has 0 bridgehead atoms. The number of amides is 1. The van der Waals surface area contributed by atoms with Crippen LogP contribution in [-0.2, 0) is 4.79 Å². The fraction of sp³-hybridized carbons (Fsp3) is 0.250. The van der Waals surface area contributed by atoms with Crippen LogP contribution in [0.4, 0.5) is 0 Å². The van der Waals surface area contributed by atoms with E-state index in [2.05, 4.69) is 16.5 Å². The van der Waals surface area contributed by atoms with Crippen LogP contribution in [-0.4, -0.2) is 27.3 Å². The molecule has 1 amide bonds. The van der Waals surface area contributed by atoms with Crippen LogP contribution in [0.1, 0.15) is 24.7 Å². The molecule has 1 unspecified atom stereocenters. The minimum absolute atomic E-state index is 0.00765. The van der Waals surface area contributed by atoms with Gasteiger partial charge >= 0.3 is 0 Å². The summed E-state index contributed by atoms with van der Waals surface area (Å²) in [5, 5.41) is 0.679. The molecule has 1 saturated heterocycles. The zero-order chi connectivity index (χ0) is 14.8. The van der Waals surface area contributed by atoms with E-state index in [4.69, 9.17) is 11.6 Å². The van der Waals surface area contributed by atoms with Gasteiger partial charge in [0.15, 0.2) is 0 Å². The van der Waals surface area contributed by atoms with E-state index in [-0.39, 0.29) is 11.9 Å². The summed E-state index contributed by atoms with van der Waals surface area (Å²) in [7, 11) is 0. The molecule has 21 heavy (non-hydrogen) atoms. The number of aromatic nitrogens is 2. The van der Waals surface area contributed by atoms with Crippen molar-refractivity contribution >= 4 is 17.5 Å². The molecule has 0 spiro atoms. The lowest BCUT2D eigenvalue weighted by Gasteiger charge is -2.21. The zero-order valence-corrected chi connectivity index (χ0v) is 12.3. The number of rotatable bonds is 3. The zero-order valence-electron chi connectivity index (χ0n) is 11.6. The fourth-order valence-corrected chi connectivity index (χ4v) is 2.99. The Morgan fingerprint density at radius 1 is 1.48 bits per heavy atom. The SMILES string of the molecule is C=CC(=O)N1CCCC1c1ncc(-c2ccccc2Cl)[nH]1. The first-order valence-electron chi connectivity index (χ1n) is 6.93. The third-order valence-electron chi connectivity index (χ3n) is 3.79. The normalized spacial score (nSPS) is 18.0. The summed E-state index contributed by atoms with van der Waals surface area (Å²) in [5.74, 6) is 0.755. The molecule has 0 saturated carbocycles. The van der Waals surface area contributed by atoms with Gasteiger partial charge in [-0.15, -0.1) is 0 Å². The first-order chi connectivity index (χ1) is 10.2. The molecule has 1 N–H and O–H groups in total. The van der Waals surface area contributed by atoms with Crippen molar-refractivity contribution in [2.75, 3.05) is 6.54 Å². The Bertz CT molecular complexity index is 680. The molecule has 3 rings (SSSR count). The molecular formula is C16H16ClN3O. The highest BCUT2D eigenvalue weighted by atomic mass is 35.5. The van der Waals surface area contributed by atoms with Gasteiger partial charge < -0.3 is 9.88 Å². The lowest BCUT2D eigenvalue weighted by Crippen LogP contribution is -2.29. The Balaban J connectivity index is 1.90. The number of aromatic amines is 1. The number of nitrogens with one attached hydrogen (secondary N) is 1. The molecule has 1 aromatic carbocycles. The number of halogens is 1. The number of hydrogen-bond acceptors (Lipinski definition) is 2. The molecule has 0 aliphatic carbocycles. The first-order valence-corrected chi connectivity index (χ1v) is 7.31. The summed E-state index contributed by atoms with van der Waals surface area (Å²) in [6.07, 6.45) is 5.02. The number of nitrogens with zero attached hydrogens (tertiary/aromatic N) is 2. The van der Waals surface area contributed by atoms with Gasteiger partial charge in [0, 0.05) is 17.1 Å². The second-order valence-corrected chi connectivity index (χ2v) is 5.46. The molecule has 2 aromatic rings. The second kappa shape index (κ2) is 5.74. The Hall–Kier alpha value is -2.07. The van der Waals surface area contributed by atoms with Crippen molar-refractivity contribution in [3.05, 3.63) is 54.0 Å². The number of carbonyl (C=O) groups is 1. The number of benzene rings is 1. The maximum atomic E-state index is 11.9. The van der Waals surface area contributed by atoms with Crippen molar-refractivity contribution in [2.24, 2.45) is 0 Å². The second-order valence-electron chi connectivity index (χ2n) is 5.06. The molecule has 1 atom stereocenters. The van der Waals surface area contributed by atoms with Gasteiger partial charge in [-0.25, -0.2) is 4.98 Å². The van der Waals surface area contributed by atoms with Gasteiger partial charge in [-0.05, 0) is 25.0 Å². The highest BCUT2D eigenvalue weighted by Crippen LogP contribution is 2.33. The lowest BCUT2D eigenvalue weighted by atomic mass is 10.2. The van der Waals surface area contributed by atoms with E-state index in [1.807, 2.05) is 29.2 Å². The Labute approximate surface area is 128 Å². The van der Waals surface area contributed by atoms with Gasteiger partial charge in [-0.3, -0.25) is 4.79 Å². The standard InChI is InChI=1S/C16H16ClN3O/c1-2-15(21)20-9-5-8-14(20)16-18-10-13(19-16)11-6-3-4-7-12(11)17/h2-4,6-7,10,14H,1,5,8-9H2,(H,18,19). The molecule has 2 heterocycles. The van der Waals surface area contributed by atoms with E-state index in [9.17, 15) is 4.79 Å². The Kier molecular flexibility index (Phi) is 3.80. The largest absolute Gasteiger partial charge is 0.340 e. The van der Waals surface area contributed by atoms with Gasteiger partial charge in [0.25, 0.3) is 0 Å². The quantitative estimate of drug-likeness (QED) is 0.881. The molecule has 1 aliphatic rings. The van der Waals surface area contributed by atoms with Gasteiger partial charge in [-0.2, -0.15) is 0 Å². The van der Waals surface area contributed by atoms with Gasteiger partial charge in [-0.1, -0.05) is 36.4 Å². The summed E-state index contributed by atoms with van der Waals surface area (Å²) < 4.78 is 0. The Morgan fingerprint density at radius 2 is 2.29 bits per heavy atom. The molecule has 5 heteroatoms. The van der Waals surface area contributed by atoms with Crippen LogP contribution in [0.3, 0.4) is 0 Å². The van der Waals surface area contributed by atoms with Crippen molar-refractivity contribution in [1.82, 2.24) is 14.9 Å². The minimum atomic E-state index is -0.0480. The smallest absolute Gasteiger partial charge is 0.246 e. The fourth-order valence-electron chi connectivity index (χ4n) is 2.75. The maximum Gasteiger partial charge on any atom is 0.246 e. The number of hydrogen-bond donors (Lipinski definition) is 1. The number of carbonyl (C=O) groups excluding carboxylic acids is 1. The van der Waals surface area contributed by atoms with E-state index in [1.165, 1.54) is 6.08 Å². The van der Waals surface area contributed by atoms with Crippen LogP contribution in [0.2, 0.25) is 5.02 Å². The van der Waals surface area contributed by atoms with Gasteiger partial charge in [0.05, 0.1) is 17.9 Å². The molecule has 108 valence electrons. The average Bonchev–Trinajstić information content (AvgIpc) is 3.15. The highest BCUT2D eigenvalue weighted by molar-refractivity contribution is 6.33. The van der Waals surface area contributed by atoms with E-state index in [1.54, 1.807) is 6.20 Å². The van der Waals surface area contributed by atoms with Crippen LogP contribution >= 0.6 is 11.6 Å². The predicted octanol–water partition coefficient (Wildman–Crippen LogP) is 3.58. The van der Waals surface area contributed by atoms with E-state index in [0.29, 0.717) is 5.02 Å². The summed E-state index contributed by atoms with van der Waals surface area (Å²) in [5.41, 5.74) is 1.78. The lowest BCUT2D eigenvalue weighted by molar-refractivity contribution is -0.127. The third-order valence-corrected chi connectivity index (χ3v) is 4.12.